The molecule has 1 aliphatic carbocycles. The summed E-state index contributed by atoms with van der Waals surface area (Å²) in [4.78, 5) is 4.63. The van der Waals surface area contributed by atoms with Crippen LogP contribution in [-0.4, -0.2) is 22.7 Å². The van der Waals surface area contributed by atoms with Crippen LogP contribution in [-0.2, 0) is 13.2 Å². The lowest BCUT2D eigenvalue weighted by Gasteiger charge is -2.30. The summed E-state index contributed by atoms with van der Waals surface area (Å²) >= 11 is 1.64. The van der Waals surface area contributed by atoms with E-state index in [1.54, 1.807) is 11.3 Å². The first kappa shape index (κ1) is 16.4. The predicted octanol–water partition coefficient (Wildman–Crippen LogP) is 3.36. The third-order valence-corrected chi connectivity index (χ3v) is 5.26. The second kappa shape index (κ2) is 8.43. The highest BCUT2D eigenvalue weighted by molar-refractivity contribution is 7.09. The van der Waals surface area contributed by atoms with Crippen LogP contribution in [0.5, 0.6) is 5.75 Å². The first-order chi connectivity index (χ1) is 11.3. The third-order valence-electron chi connectivity index (χ3n) is 4.39. The van der Waals surface area contributed by atoms with Crippen molar-refractivity contribution in [1.29, 1.82) is 0 Å². The Hall–Kier alpha value is -1.43. The SMILES string of the molecule is OCC1CCCCC1NCc1csc(COc2ccccc2)n1. The van der Waals surface area contributed by atoms with Crippen LogP contribution in [0, 0.1) is 5.92 Å². The van der Waals surface area contributed by atoms with E-state index < -0.39 is 0 Å². The van der Waals surface area contributed by atoms with Crippen LogP contribution < -0.4 is 10.1 Å². The van der Waals surface area contributed by atoms with E-state index in [9.17, 15) is 5.11 Å². The number of nitrogens with zero attached hydrogens (tertiary/aromatic N) is 1. The lowest BCUT2D eigenvalue weighted by Crippen LogP contribution is -2.39. The predicted molar refractivity (Wildman–Crippen MR) is 92.6 cm³/mol. The Morgan fingerprint density at radius 2 is 2.04 bits per heavy atom. The molecule has 23 heavy (non-hydrogen) atoms. The van der Waals surface area contributed by atoms with Crippen molar-refractivity contribution in [2.45, 2.75) is 44.9 Å². The van der Waals surface area contributed by atoms with Gasteiger partial charge in [-0.25, -0.2) is 4.98 Å². The molecule has 0 radical (unpaired) electrons. The molecule has 0 aliphatic heterocycles. The summed E-state index contributed by atoms with van der Waals surface area (Å²) in [6.45, 7) is 1.56. The maximum atomic E-state index is 9.47. The lowest BCUT2D eigenvalue weighted by molar-refractivity contribution is 0.152. The van der Waals surface area contributed by atoms with Gasteiger partial charge in [0, 0.05) is 24.6 Å². The maximum absolute atomic E-state index is 9.47. The molecule has 1 aliphatic rings. The number of benzene rings is 1. The van der Waals surface area contributed by atoms with Crippen molar-refractivity contribution < 1.29 is 9.84 Å². The van der Waals surface area contributed by atoms with Crippen molar-refractivity contribution in [3.8, 4) is 5.75 Å². The number of para-hydroxylation sites is 1. The fourth-order valence-corrected chi connectivity index (χ4v) is 3.79. The van der Waals surface area contributed by atoms with Crippen molar-refractivity contribution in [1.82, 2.24) is 10.3 Å². The van der Waals surface area contributed by atoms with Gasteiger partial charge in [0.1, 0.15) is 17.4 Å². The molecule has 1 aromatic carbocycles. The molecule has 124 valence electrons. The molecule has 1 heterocycles. The number of aliphatic hydroxyl groups is 1. The highest BCUT2D eigenvalue weighted by atomic mass is 32.1. The second-order valence-electron chi connectivity index (χ2n) is 6.05. The molecule has 1 saturated carbocycles. The number of rotatable bonds is 7. The molecule has 2 aromatic rings. The minimum atomic E-state index is 0.283. The molecule has 2 atom stereocenters. The number of hydrogen-bond donors (Lipinski definition) is 2. The van der Waals surface area contributed by atoms with Crippen LogP contribution in [0.4, 0.5) is 0 Å². The van der Waals surface area contributed by atoms with E-state index in [1.165, 1.54) is 12.8 Å². The molecule has 0 amide bonds. The van der Waals surface area contributed by atoms with E-state index in [1.807, 2.05) is 30.3 Å². The molecular weight excluding hydrogens is 308 g/mol. The van der Waals surface area contributed by atoms with Crippen LogP contribution >= 0.6 is 11.3 Å². The number of aliphatic hydroxyl groups excluding tert-OH is 1. The largest absolute Gasteiger partial charge is 0.486 e. The summed E-state index contributed by atoms with van der Waals surface area (Å²) in [6.07, 6.45) is 4.77. The lowest BCUT2D eigenvalue weighted by atomic mass is 9.85. The van der Waals surface area contributed by atoms with Crippen molar-refractivity contribution in [3.63, 3.8) is 0 Å². The van der Waals surface area contributed by atoms with Crippen LogP contribution in [0.15, 0.2) is 35.7 Å². The number of hydrogen-bond acceptors (Lipinski definition) is 5. The van der Waals surface area contributed by atoms with Crippen molar-refractivity contribution in [2.75, 3.05) is 6.61 Å². The van der Waals surface area contributed by atoms with Crippen molar-refractivity contribution in [2.24, 2.45) is 5.92 Å². The quantitative estimate of drug-likeness (QED) is 0.816. The van der Waals surface area contributed by atoms with Gasteiger partial charge in [-0.3, -0.25) is 0 Å². The Morgan fingerprint density at radius 1 is 1.22 bits per heavy atom. The average molecular weight is 332 g/mol. The standard InChI is InChI=1S/C18H24N2O2S/c21-11-14-6-4-5-9-17(14)19-10-15-13-23-18(20-15)12-22-16-7-2-1-3-8-16/h1-3,7-8,13-14,17,19,21H,4-6,9-12H2. The van der Waals surface area contributed by atoms with Gasteiger partial charge < -0.3 is 15.2 Å². The van der Waals surface area contributed by atoms with E-state index in [2.05, 4.69) is 15.7 Å². The van der Waals surface area contributed by atoms with Gasteiger partial charge in [0.2, 0.25) is 0 Å². The van der Waals surface area contributed by atoms with Gasteiger partial charge in [-0.05, 0) is 30.9 Å². The summed E-state index contributed by atoms with van der Waals surface area (Å²) in [7, 11) is 0. The van der Waals surface area contributed by atoms with Crippen LogP contribution in [0.25, 0.3) is 0 Å². The van der Waals surface area contributed by atoms with Gasteiger partial charge in [0.15, 0.2) is 0 Å². The second-order valence-corrected chi connectivity index (χ2v) is 6.99. The zero-order valence-corrected chi connectivity index (χ0v) is 14.1. The van der Waals surface area contributed by atoms with E-state index in [0.29, 0.717) is 18.6 Å². The van der Waals surface area contributed by atoms with Crippen LogP contribution in [0.1, 0.15) is 36.4 Å². The molecule has 3 rings (SSSR count). The Kier molecular flexibility index (Phi) is 6.02. The summed E-state index contributed by atoms with van der Waals surface area (Å²) in [5.41, 5.74) is 1.06. The zero-order valence-electron chi connectivity index (χ0n) is 13.3. The molecule has 1 aromatic heterocycles. The van der Waals surface area contributed by atoms with Crippen LogP contribution in [0.2, 0.25) is 0 Å². The van der Waals surface area contributed by atoms with Gasteiger partial charge in [-0.15, -0.1) is 11.3 Å². The van der Waals surface area contributed by atoms with E-state index >= 15 is 0 Å². The highest BCUT2D eigenvalue weighted by Crippen LogP contribution is 2.24. The Labute approximate surface area is 141 Å². The van der Waals surface area contributed by atoms with E-state index in [0.717, 1.165) is 35.8 Å². The monoisotopic (exact) mass is 332 g/mol. The molecule has 0 saturated heterocycles. The smallest absolute Gasteiger partial charge is 0.140 e. The molecule has 4 nitrogen and oxygen atoms in total. The molecular formula is C18H24N2O2S. The first-order valence-corrected chi connectivity index (χ1v) is 9.18. The number of nitrogens with one attached hydrogen (secondary N) is 1. The van der Waals surface area contributed by atoms with E-state index in [-0.39, 0.29) is 6.61 Å². The highest BCUT2D eigenvalue weighted by Gasteiger charge is 2.23. The van der Waals surface area contributed by atoms with Gasteiger partial charge in [0.05, 0.1) is 5.69 Å². The molecule has 5 heteroatoms. The molecule has 0 bridgehead atoms. The number of aromatic nitrogens is 1. The number of ether oxygens (including phenoxy) is 1. The average Bonchev–Trinajstić information content (AvgIpc) is 3.07. The fraction of sp³-hybridized carbons (Fsp3) is 0.500. The van der Waals surface area contributed by atoms with E-state index in [4.69, 9.17) is 4.74 Å². The summed E-state index contributed by atoms with van der Waals surface area (Å²) in [5, 5.41) is 16.1. The Bertz CT molecular complexity index is 588. The third kappa shape index (κ3) is 4.77. The Balaban J connectivity index is 1.47. The van der Waals surface area contributed by atoms with Crippen molar-refractivity contribution >= 4 is 11.3 Å². The molecule has 0 spiro atoms. The molecule has 1 fully saturated rings. The minimum absolute atomic E-state index is 0.283. The first-order valence-electron chi connectivity index (χ1n) is 8.30. The zero-order chi connectivity index (χ0) is 15.9. The maximum Gasteiger partial charge on any atom is 0.140 e. The molecule has 2 N–H and O–H groups in total. The van der Waals surface area contributed by atoms with Gasteiger partial charge >= 0.3 is 0 Å². The fourth-order valence-electron chi connectivity index (χ4n) is 3.09. The minimum Gasteiger partial charge on any atom is -0.486 e. The summed E-state index contributed by atoms with van der Waals surface area (Å²) < 4.78 is 5.73. The summed E-state index contributed by atoms with van der Waals surface area (Å²) in [5.74, 6) is 1.26. The van der Waals surface area contributed by atoms with Crippen LogP contribution in [0.3, 0.4) is 0 Å². The molecule has 2 unspecified atom stereocenters. The van der Waals surface area contributed by atoms with Gasteiger partial charge in [0.25, 0.3) is 0 Å². The normalized spacial score (nSPS) is 21.3. The van der Waals surface area contributed by atoms with Gasteiger partial charge in [-0.2, -0.15) is 0 Å². The topological polar surface area (TPSA) is 54.4 Å². The number of thiazole rings is 1. The van der Waals surface area contributed by atoms with Gasteiger partial charge in [-0.1, -0.05) is 31.0 Å². The Morgan fingerprint density at radius 3 is 2.87 bits per heavy atom. The summed E-state index contributed by atoms with van der Waals surface area (Å²) in [6, 6.07) is 10.2. The van der Waals surface area contributed by atoms with Crippen molar-refractivity contribution in [3.05, 3.63) is 46.4 Å².